The van der Waals surface area contributed by atoms with Crippen molar-refractivity contribution >= 4 is 40.7 Å². The van der Waals surface area contributed by atoms with Gasteiger partial charge in [0.05, 0.1) is 15.7 Å². The van der Waals surface area contributed by atoms with E-state index in [9.17, 15) is 9.59 Å². The van der Waals surface area contributed by atoms with E-state index in [-0.39, 0.29) is 6.61 Å². The van der Waals surface area contributed by atoms with Gasteiger partial charge in [0.2, 0.25) is 0 Å². The molecule has 2 amide bonds. The maximum atomic E-state index is 12.2. The number of nitrogens with one attached hydrogen (secondary N) is 2. The van der Waals surface area contributed by atoms with Crippen LogP contribution in [0.15, 0.2) is 36.4 Å². The number of benzene rings is 2. The number of hydrogen-bond acceptors (Lipinski definition) is 5. The van der Waals surface area contributed by atoms with Crippen LogP contribution in [-0.2, 0) is 16.0 Å². The third-order valence-electron chi connectivity index (χ3n) is 3.97. The fourth-order valence-electron chi connectivity index (χ4n) is 2.67. The van der Waals surface area contributed by atoms with Crippen LogP contribution in [0.25, 0.3) is 0 Å². The Bertz CT molecular complexity index is 875. The number of aryl methyl sites for hydroxylation is 1. The molecule has 0 fully saturated rings. The molecule has 0 saturated carbocycles. The standard InChI is InChI=1S/C18H16Cl2N2O5/c19-12-6-5-11(8-13(12)20)26-9-16(23)21-14-3-1-2-10-4-7-15(18(24)22-25)27-17(10)14/h1-3,5-6,8,15,25H,4,7,9H2,(H,21,23)(H,22,24). The maximum absolute atomic E-state index is 12.2. The van der Waals surface area contributed by atoms with Gasteiger partial charge in [-0.1, -0.05) is 35.3 Å². The Balaban J connectivity index is 1.66. The molecule has 0 radical (unpaired) electrons. The van der Waals surface area contributed by atoms with Crippen LogP contribution < -0.4 is 20.3 Å². The van der Waals surface area contributed by atoms with Gasteiger partial charge in [-0.3, -0.25) is 14.8 Å². The summed E-state index contributed by atoms with van der Waals surface area (Å²) in [4.78, 5) is 23.8. The van der Waals surface area contributed by atoms with E-state index < -0.39 is 17.9 Å². The summed E-state index contributed by atoms with van der Waals surface area (Å²) in [5, 5.41) is 12.2. The van der Waals surface area contributed by atoms with Crippen molar-refractivity contribution in [2.45, 2.75) is 18.9 Å². The molecule has 9 heteroatoms. The molecular weight excluding hydrogens is 395 g/mol. The predicted octanol–water partition coefficient (Wildman–Crippen LogP) is 3.21. The highest BCUT2D eigenvalue weighted by Gasteiger charge is 2.28. The molecule has 7 nitrogen and oxygen atoms in total. The lowest BCUT2D eigenvalue weighted by molar-refractivity contribution is -0.137. The van der Waals surface area contributed by atoms with Crippen LogP contribution in [0.5, 0.6) is 11.5 Å². The van der Waals surface area contributed by atoms with E-state index >= 15 is 0 Å². The van der Waals surface area contributed by atoms with Crippen LogP contribution in [-0.4, -0.2) is 29.7 Å². The third-order valence-corrected chi connectivity index (χ3v) is 4.71. The first-order valence-electron chi connectivity index (χ1n) is 8.08. The number of hydroxylamine groups is 1. The van der Waals surface area contributed by atoms with E-state index in [1.807, 2.05) is 6.07 Å². The normalized spacial score (nSPS) is 15.3. The number of halogens is 2. The van der Waals surface area contributed by atoms with Crippen LogP contribution in [0.3, 0.4) is 0 Å². The molecule has 3 N–H and O–H groups in total. The number of ether oxygens (including phenoxy) is 2. The smallest absolute Gasteiger partial charge is 0.284 e. The van der Waals surface area contributed by atoms with E-state index in [2.05, 4.69) is 5.32 Å². The van der Waals surface area contributed by atoms with Crippen molar-refractivity contribution in [3.05, 3.63) is 52.0 Å². The topological polar surface area (TPSA) is 96.9 Å². The molecule has 3 rings (SSSR count). The largest absolute Gasteiger partial charge is 0.484 e. The Morgan fingerprint density at radius 2 is 2.04 bits per heavy atom. The molecule has 1 unspecified atom stereocenters. The lowest BCUT2D eigenvalue weighted by Crippen LogP contribution is -2.39. The van der Waals surface area contributed by atoms with E-state index in [4.69, 9.17) is 37.9 Å². The minimum Gasteiger partial charge on any atom is -0.484 e. The predicted molar refractivity (Wildman–Crippen MR) is 99.7 cm³/mol. The SMILES string of the molecule is O=C(COc1ccc(Cl)c(Cl)c1)Nc1cccc2c1OC(C(=O)NO)CC2. The summed E-state index contributed by atoms with van der Waals surface area (Å²) in [5.74, 6) is -0.234. The van der Waals surface area contributed by atoms with Crippen molar-refractivity contribution in [3.63, 3.8) is 0 Å². The van der Waals surface area contributed by atoms with E-state index in [0.29, 0.717) is 40.1 Å². The van der Waals surface area contributed by atoms with Gasteiger partial charge in [0.1, 0.15) is 11.5 Å². The number of hydrogen-bond donors (Lipinski definition) is 3. The molecule has 27 heavy (non-hydrogen) atoms. The lowest BCUT2D eigenvalue weighted by Gasteiger charge is -2.26. The molecular formula is C18H16Cl2N2O5. The molecule has 1 heterocycles. The Hall–Kier alpha value is -2.48. The summed E-state index contributed by atoms with van der Waals surface area (Å²) in [6.07, 6.45) is 0.182. The second-order valence-corrected chi connectivity index (χ2v) is 6.64. The Morgan fingerprint density at radius 3 is 2.78 bits per heavy atom. The number of rotatable bonds is 5. The zero-order chi connectivity index (χ0) is 19.4. The zero-order valence-corrected chi connectivity index (χ0v) is 15.5. The van der Waals surface area contributed by atoms with Gasteiger partial charge in [-0.05, 0) is 36.6 Å². The highest BCUT2D eigenvalue weighted by atomic mass is 35.5. The molecule has 2 aromatic rings. The van der Waals surface area contributed by atoms with Crippen molar-refractivity contribution in [2.75, 3.05) is 11.9 Å². The average Bonchev–Trinajstić information content (AvgIpc) is 2.68. The molecule has 1 atom stereocenters. The molecule has 0 bridgehead atoms. The van der Waals surface area contributed by atoms with E-state index in [1.165, 1.54) is 6.07 Å². The first-order chi connectivity index (χ1) is 13.0. The van der Waals surface area contributed by atoms with Crippen LogP contribution in [0, 0.1) is 0 Å². The maximum Gasteiger partial charge on any atom is 0.284 e. The van der Waals surface area contributed by atoms with Gasteiger partial charge < -0.3 is 14.8 Å². The number of para-hydroxylation sites is 1. The minimum atomic E-state index is -0.826. The highest BCUT2D eigenvalue weighted by molar-refractivity contribution is 6.42. The molecule has 0 aliphatic carbocycles. The van der Waals surface area contributed by atoms with Gasteiger partial charge in [-0.2, -0.15) is 0 Å². The van der Waals surface area contributed by atoms with Crippen LogP contribution in [0.4, 0.5) is 5.69 Å². The van der Waals surface area contributed by atoms with Crippen LogP contribution in [0.1, 0.15) is 12.0 Å². The minimum absolute atomic E-state index is 0.248. The number of carbonyl (C=O) groups excluding carboxylic acids is 2. The molecule has 0 aromatic heterocycles. The van der Waals surface area contributed by atoms with Gasteiger partial charge in [0.25, 0.3) is 11.8 Å². The Labute approximate surface area is 165 Å². The van der Waals surface area contributed by atoms with Crippen molar-refractivity contribution in [2.24, 2.45) is 0 Å². The van der Waals surface area contributed by atoms with Gasteiger partial charge in [0.15, 0.2) is 12.7 Å². The van der Waals surface area contributed by atoms with Crippen molar-refractivity contribution in [1.82, 2.24) is 5.48 Å². The molecule has 0 saturated heterocycles. The van der Waals surface area contributed by atoms with Gasteiger partial charge in [0, 0.05) is 6.07 Å². The van der Waals surface area contributed by atoms with Gasteiger partial charge in [-0.15, -0.1) is 0 Å². The summed E-state index contributed by atoms with van der Waals surface area (Å²) in [6, 6.07) is 9.99. The number of carbonyl (C=O) groups is 2. The quantitative estimate of drug-likeness (QED) is 0.519. The molecule has 142 valence electrons. The van der Waals surface area contributed by atoms with E-state index in [1.54, 1.807) is 29.7 Å². The van der Waals surface area contributed by atoms with Crippen molar-refractivity contribution < 1.29 is 24.3 Å². The summed E-state index contributed by atoms with van der Waals surface area (Å²) in [5.41, 5.74) is 2.86. The average molecular weight is 411 g/mol. The second kappa shape index (κ2) is 8.47. The summed E-state index contributed by atoms with van der Waals surface area (Å²) < 4.78 is 11.1. The number of fused-ring (bicyclic) bond motifs is 1. The summed E-state index contributed by atoms with van der Waals surface area (Å²) in [7, 11) is 0. The second-order valence-electron chi connectivity index (χ2n) is 5.83. The Kier molecular flexibility index (Phi) is 6.05. The van der Waals surface area contributed by atoms with Crippen LogP contribution >= 0.6 is 23.2 Å². The van der Waals surface area contributed by atoms with Gasteiger partial charge in [-0.25, -0.2) is 5.48 Å². The summed E-state index contributed by atoms with van der Waals surface area (Å²) in [6.45, 7) is -0.248. The lowest BCUT2D eigenvalue weighted by atomic mass is 10.0. The summed E-state index contributed by atoms with van der Waals surface area (Å²) >= 11 is 11.7. The highest BCUT2D eigenvalue weighted by Crippen LogP contribution is 2.35. The number of anilines is 1. The molecule has 0 spiro atoms. The first kappa shape index (κ1) is 19.3. The fourth-order valence-corrected chi connectivity index (χ4v) is 2.95. The monoisotopic (exact) mass is 410 g/mol. The van der Waals surface area contributed by atoms with E-state index in [0.717, 1.165) is 5.56 Å². The fraction of sp³-hybridized carbons (Fsp3) is 0.222. The van der Waals surface area contributed by atoms with Gasteiger partial charge >= 0.3 is 0 Å². The van der Waals surface area contributed by atoms with Crippen molar-refractivity contribution in [1.29, 1.82) is 0 Å². The first-order valence-corrected chi connectivity index (χ1v) is 8.83. The zero-order valence-electron chi connectivity index (χ0n) is 14.0. The number of amides is 2. The molecule has 2 aromatic carbocycles. The van der Waals surface area contributed by atoms with Crippen molar-refractivity contribution in [3.8, 4) is 11.5 Å². The molecule has 1 aliphatic heterocycles. The van der Waals surface area contributed by atoms with Crippen LogP contribution in [0.2, 0.25) is 10.0 Å². The molecule has 1 aliphatic rings. The Morgan fingerprint density at radius 1 is 1.22 bits per heavy atom. The third kappa shape index (κ3) is 4.63.